The summed E-state index contributed by atoms with van der Waals surface area (Å²) in [5, 5.41) is 55.4. The molecule has 9 nitrogen and oxygen atoms in total. The molecule has 4 unspecified atom stereocenters. The van der Waals surface area contributed by atoms with Crippen LogP contribution in [0.2, 0.25) is 0 Å². The molecule has 9 heteroatoms. The molecule has 6 N–H and O–H groups in total. The van der Waals surface area contributed by atoms with Gasteiger partial charge in [-0.15, -0.1) is 0 Å². The van der Waals surface area contributed by atoms with Crippen molar-refractivity contribution in [2.45, 2.75) is 43.3 Å². The molecule has 0 bridgehead atoms. The van der Waals surface area contributed by atoms with Crippen LogP contribution in [0.4, 0.5) is 0 Å². The standard InChI is InChI=1S/C11H19NO8/c13-4-6(14)7(15)8(16)9(17)10(18)12-3-1-2-5(12)11(19)20/h5-9,13-17H,1-4H2,(H,19,20)/t5-,6?,7?,8?,9?/m1/s1. The van der Waals surface area contributed by atoms with Crippen LogP contribution in [0.25, 0.3) is 0 Å². The highest BCUT2D eigenvalue weighted by Gasteiger charge is 2.41. The number of carboxylic acid groups (broad SMARTS) is 1. The van der Waals surface area contributed by atoms with Gasteiger partial charge in [-0.2, -0.15) is 0 Å². The maximum atomic E-state index is 11.9. The maximum absolute atomic E-state index is 11.9. The van der Waals surface area contributed by atoms with Gasteiger partial charge < -0.3 is 35.5 Å². The number of hydrogen-bond acceptors (Lipinski definition) is 7. The Morgan fingerprint density at radius 3 is 2.25 bits per heavy atom. The Bertz CT molecular complexity index is 362. The molecule has 1 saturated heterocycles. The summed E-state index contributed by atoms with van der Waals surface area (Å²) in [4.78, 5) is 23.8. The first-order chi connectivity index (χ1) is 9.31. The normalized spacial score (nSPS) is 25.1. The Labute approximate surface area is 114 Å². The molecule has 1 heterocycles. The van der Waals surface area contributed by atoms with Gasteiger partial charge in [0.05, 0.1) is 6.61 Å². The van der Waals surface area contributed by atoms with Gasteiger partial charge in [-0.25, -0.2) is 4.79 Å². The molecule has 0 aromatic heterocycles. The molecule has 0 spiro atoms. The summed E-state index contributed by atoms with van der Waals surface area (Å²) in [6.45, 7) is -0.737. The maximum Gasteiger partial charge on any atom is 0.326 e. The Hall–Kier alpha value is -1.26. The zero-order valence-corrected chi connectivity index (χ0v) is 10.7. The third-order valence-corrected chi connectivity index (χ3v) is 3.33. The van der Waals surface area contributed by atoms with E-state index in [2.05, 4.69) is 0 Å². The van der Waals surface area contributed by atoms with Gasteiger partial charge in [0, 0.05) is 6.54 Å². The van der Waals surface area contributed by atoms with Crippen LogP contribution in [-0.2, 0) is 9.59 Å². The molecule has 20 heavy (non-hydrogen) atoms. The Kier molecular flexibility index (Phi) is 5.84. The lowest BCUT2D eigenvalue weighted by Gasteiger charge is -2.29. The van der Waals surface area contributed by atoms with Crippen molar-refractivity contribution in [2.75, 3.05) is 13.2 Å². The van der Waals surface area contributed by atoms with Crippen LogP contribution in [0.1, 0.15) is 12.8 Å². The van der Waals surface area contributed by atoms with Gasteiger partial charge in [0.1, 0.15) is 24.4 Å². The number of likely N-dealkylation sites (tertiary alicyclic amines) is 1. The molecule has 1 fully saturated rings. The summed E-state index contributed by atoms with van der Waals surface area (Å²) in [7, 11) is 0. The van der Waals surface area contributed by atoms with E-state index in [1.807, 2.05) is 0 Å². The topological polar surface area (TPSA) is 159 Å². The molecular weight excluding hydrogens is 274 g/mol. The molecule has 0 saturated carbocycles. The van der Waals surface area contributed by atoms with E-state index >= 15 is 0 Å². The summed E-state index contributed by atoms with van der Waals surface area (Å²) < 4.78 is 0. The van der Waals surface area contributed by atoms with E-state index < -0.39 is 48.9 Å². The number of carbonyl (C=O) groups excluding carboxylic acids is 1. The fraction of sp³-hybridized carbons (Fsp3) is 0.818. The highest BCUT2D eigenvalue weighted by Crippen LogP contribution is 2.20. The van der Waals surface area contributed by atoms with Crippen LogP contribution in [0, 0.1) is 0 Å². The SMILES string of the molecule is O=C(O)[C@H]1CCCN1C(=O)C(O)C(O)C(O)C(O)CO. The number of carbonyl (C=O) groups is 2. The number of rotatable bonds is 6. The van der Waals surface area contributed by atoms with Gasteiger partial charge in [-0.1, -0.05) is 0 Å². The number of amides is 1. The van der Waals surface area contributed by atoms with Gasteiger partial charge in [0.15, 0.2) is 6.10 Å². The average Bonchev–Trinajstić information content (AvgIpc) is 2.92. The molecule has 1 amide bonds. The van der Waals surface area contributed by atoms with Gasteiger partial charge >= 0.3 is 5.97 Å². The van der Waals surface area contributed by atoms with E-state index in [4.69, 9.17) is 15.3 Å². The minimum atomic E-state index is -2.08. The highest BCUT2D eigenvalue weighted by molar-refractivity contribution is 5.87. The van der Waals surface area contributed by atoms with E-state index in [9.17, 15) is 24.9 Å². The van der Waals surface area contributed by atoms with Crippen molar-refractivity contribution in [3.63, 3.8) is 0 Å². The van der Waals surface area contributed by atoms with E-state index in [0.29, 0.717) is 6.42 Å². The molecule has 1 rings (SSSR count). The molecule has 0 radical (unpaired) electrons. The number of aliphatic hydroxyl groups is 5. The molecular formula is C11H19NO8. The third kappa shape index (κ3) is 3.44. The number of nitrogens with zero attached hydrogens (tertiary/aromatic N) is 1. The first-order valence-electron chi connectivity index (χ1n) is 6.17. The molecule has 116 valence electrons. The zero-order chi connectivity index (χ0) is 15.4. The fourth-order valence-electron chi connectivity index (χ4n) is 2.13. The van der Waals surface area contributed by atoms with E-state index in [1.165, 1.54) is 0 Å². The van der Waals surface area contributed by atoms with Crippen molar-refractivity contribution in [1.82, 2.24) is 4.90 Å². The lowest BCUT2D eigenvalue weighted by Crippen LogP contribution is -2.54. The van der Waals surface area contributed by atoms with Crippen molar-refractivity contribution >= 4 is 11.9 Å². The Morgan fingerprint density at radius 2 is 1.75 bits per heavy atom. The highest BCUT2D eigenvalue weighted by atomic mass is 16.4. The minimum Gasteiger partial charge on any atom is -0.480 e. The van der Waals surface area contributed by atoms with E-state index in [1.54, 1.807) is 0 Å². The van der Waals surface area contributed by atoms with Crippen LogP contribution < -0.4 is 0 Å². The summed E-state index contributed by atoms with van der Waals surface area (Å²) in [6.07, 6.45) is -7.06. The number of hydrogen-bond donors (Lipinski definition) is 6. The van der Waals surface area contributed by atoms with E-state index in [0.717, 1.165) is 4.90 Å². The minimum absolute atomic E-state index is 0.123. The zero-order valence-electron chi connectivity index (χ0n) is 10.7. The summed E-state index contributed by atoms with van der Waals surface area (Å²) >= 11 is 0. The van der Waals surface area contributed by atoms with Crippen molar-refractivity contribution < 1.29 is 40.2 Å². The predicted molar refractivity (Wildman–Crippen MR) is 63.5 cm³/mol. The van der Waals surface area contributed by atoms with Crippen molar-refractivity contribution in [2.24, 2.45) is 0 Å². The fourth-order valence-corrected chi connectivity index (χ4v) is 2.13. The lowest BCUT2D eigenvalue weighted by molar-refractivity contribution is -0.163. The van der Waals surface area contributed by atoms with Crippen LogP contribution in [-0.4, -0.2) is 91.0 Å². The smallest absolute Gasteiger partial charge is 0.326 e. The van der Waals surface area contributed by atoms with Crippen LogP contribution >= 0.6 is 0 Å². The first kappa shape index (κ1) is 16.8. The number of carboxylic acids is 1. The quantitative estimate of drug-likeness (QED) is 0.294. The number of aliphatic carboxylic acids is 1. The molecule has 0 aromatic carbocycles. The van der Waals surface area contributed by atoms with Gasteiger partial charge in [-0.3, -0.25) is 4.79 Å². The second-order valence-electron chi connectivity index (χ2n) is 4.70. The predicted octanol–water partition coefficient (Wildman–Crippen LogP) is -3.50. The monoisotopic (exact) mass is 293 g/mol. The van der Waals surface area contributed by atoms with Crippen LogP contribution in [0.5, 0.6) is 0 Å². The van der Waals surface area contributed by atoms with Gasteiger partial charge in [0.25, 0.3) is 5.91 Å². The summed E-state index contributed by atoms with van der Waals surface area (Å²) in [5.74, 6) is -2.25. The Balaban J connectivity index is 2.73. The molecule has 0 aromatic rings. The molecule has 1 aliphatic heterocycles. The summed E-state index contributed by atoms with van der Waals surface area (Å²) in [5.41, 5.74) is 0. The van der Waals surface area contributed by atoms with E-state index in [-0.39, 0.29) is 13.0 Å². The number of aliphatic hydroxyl groups excluding tert-OH is 5. The van der Waals surface area contributed by atoms with Gasteiger partial charge in [-0.05, 0) is 12.8 Å². The lowest BCUT2D eigenvalue weighted by atomic mass is 10.0. The van der Waals surface area contributed by atoms with Crippen LogP contribution in [0.15, 0.2) is 0 Å². The third-order valence-electron chi connectivity index (χ3n) is 3.33. The summed E-state index contributed by atoms with van der Waals surface area (Å²) in [6, 6.07) is -1.08. The van der Waals surface area contributed by atoms with Crippen molar-refractivity contribution in [3.8, 4) is 0 Å². The molecule has 0 aliphatic carbocycles. The van der Waals surface area contributed by atoms with Crippen LogP contribution in [0.3, 0.4) is 0 Å². The van der Waals surface area contributed by atoms with Gasteiger partial charge in [0.2, 0.25) is 0 Å². The Morgan fingerprint density at radius 1 is 1.15 bits per heavy atom. The largest absolute Gasteiger partial charge is 0.480 e. The second-order valence-corrected chi connectivity index (χ2v) is 4.70. The molecule has 1 aliphatic rings. The molecule has 5 atom stereocenters. The first-order valence-corrected chi connectivity index (χ1v) is 6.17. The van der Waals surface area contributed by atoms with Crippen molar-refractivity contribution in [3.05, 3.63) is 0 Å². The average molecular weight is 293 g/mol. The van der Waals surface area contributed by atoms with Crippen molar-refractivity contribution in [1.29, 1.82) is 0 Å². The second kappa shape index (κ2) is 6.95.